The molecule has 24 heavy (non-hydrogen) atoms. The molecule has 5 heteroatoms. The van der Waals surface area contributed by atoms with Gasteiger partial charge in [0.25, 0.3) is 0 Å². The average Bonchev–Trinajstić information content (AvgIpc) is 3.04. The van der Waals surface area contributed by atoms with Gasteiger partial charge in [0.15, 0.2) is 9.84 Å². The highest BCUT2D eigenvalue weighted by atomic mass is 32.2. The second-order valence-electron chi connectivity index (χ2n) is 6.81. The topological polar surface area (TPSA) is 54.5 Å². The Bertz CT molecular complexity index is 705. The first-order valence-corrected chi connectivity index (χ1v) is 10.4. The molecule has 1 aliphatic carbocycles. The third kappa shape index (κ3) is 3.72. The Hall–Kier alpha value is -1.62. The van der Waals surface area contributed by atoms with Crippen LogP contribution < -0.4 is 0 Å². The lowest BCUT2D eigenvalue weighted by molar-refractivity contribution is -0.130. The number of aryl methyl sites for hydroxylation is 1. The molecule has 0 radical (unpaired) electrons. The maximum atomic E-state index is 12.4. The molecule has 0 bridgehead atoms. The van der Waals surface area contributed by atoms with E-state index in [9.17, 15) is 13.2 Å². The Morgan fingerprint density at radius 1 is 1.08 bits per heavy atom. The van der Waals surface area contributed by atoms with E-state index in [1.165, 1.54) is 0 Å². The van der Waals surface area contributed by atoms with Gasteiger partial charge in [0.1, 0.15) is 0 Å². The van der Waals surface area contributed by atoms with Crippen molar-refractivity contribution in [3.63, 3.8) is 0 Å². The smallest absolute Gasteiger partial charge is 0.222 e. The number of carbonyl (C=O) groups is 1. The highest BCUT2D eigenvalue weighted by Crippen LogP contribution is 2.33. The number of allylic oxidation sites excluding steroid dienone is 2. The number of rotatable bonds is 5. The van der Waals surface area contributed by atoms with Crippen LogP contribution in [0.15, 0.2) is 41.3 Å². The molecular formula is C19H25NO3S. The van der Waals surface area contributed by atoms with Crippen LogP contribution in [0, 0.1) is 11.8 Å². The Kier molecular flexibility index (Phi) is 5.09. The van der Waals surface area contributed by atoms with Crippen molar-refractivity contribution in [2.24, 2.45) is 11.8 Å². The largest absolute Gasteiger partial charge is 0.342 e. The fraction of sp³-hybridized carbons (Fsp3) is 0.526. The summed E-state index contributed by atoms with van der Waals surface area (Å²) in [6.07, 6.45) is 7.83. The van der Waals surface area contributed by atoms with Crippen LogP contribution in [-0.4, -0.2) is 38.1 Å². The van der Waals surface area contributed by atoms with Crippen molar-refractivity contribution in [3.8, 4) is 0 Å². The van der Waals surface area contributed by atoms with Crippen molar-refractivity contribution >= 4 is 15.7 Å². The maximum Gasteiger partial charge on any atom is 0.222 e. The minimum absolute atomic E-state index is 0.108. The summed E-state index contributed by atoms with van der Waals surface area (Å²) in [7, 11) is -3.15. The summed E-state index contributed by atoms with van der Waals surface area (Å²) in [5.41, 5.74) is 1.01. The predicted octanol–water partition coefficient (Wildman–Crippen LogP) is 2.84. The van der Waals surface area contributed by atoms with E-state index in [4.69, 9.17) is 0 Å². The predicted molar refractivity (Wildman–Crippen MR) is 94.4 cm³/mol. The molecule has 0 unspecified atom stereocenters. The van der Waals surface area contributed by atoms with Crippen LogP contribution in [0.4, 0.5) is 0 Å². The van der Waals surface area contributed by atoms with Crippen LogP contribution in [-0.2, 0) is 21.1 Å². The van der Waals surface area contributed by atoms with Gasteiger partial charge in [0.05, 0.1) is 10.6 Å². The minimum atomic E-state index is -3.15. The van der Waals surface area contributed by atoms with Gasteiger partial charge < -0.3 is 4.90 Å². The summed E-state index contributed by atoms with van der Waals surface area (Å²) in [6.45, 7) is 3.42. The SMILES string of the molecule is CCS(=O)(=O)c1ccc(CCC(=O)N2C[C@H]3CC=CC[C@H]3C2)cc1. The molecule has 4 nitrogen and oxygen atoms in total. The lowest BCUT2D eigenvalue weighted by Crippen LogP contribution is -2.29. The number of hydrogen-bond donors (Lipinski definition) is 0. The lowest BCUT2D eigenvalue weighted by atomic mass is 9.86. The van der Waals surface area contributed by atoms with E-state index >= 15 is 0 Å². The van der Waals surface area contributed by atoms with Gasteiger partial charge >= 0.3 is 0 Å². The van der Waals surface area contributed by atoms with E-state index in [1.807, 2.05) is 17.0 Å². The second-order valence-corrected chi connectivity index (χ2v) is 9.09. The normalized spacial score (nSPS) is 23.3. The standard InChI is InChI=1S/C19H25NO3S/c1-2-24(22,23)18-10-7-15(8-11-18)9-12-19(21)20-13-16-5-3-4-6-17(16)14-20/h3-4,7-8,10-11,16-17H,2,5-6,9,12-14H2,1H3/t16-,17+. The van der Waals surface area contributed by atoms with Gasteiger partial charge in [0, 0.05) is 19.5 Å². The number of fused-ring (bicyclic) bond motifs is 1. The summed E-state index contributed by atoms with van der Waals surface area (Å²) >= 11 is 0. The molecule has 0 spiro atoms. The molecule has 3 rings (SSSR count). The van der Waals surface area contributed by atoms with Crippen LogP contribution in [0.25, 0.3) is 0 Å². The number of likely N-dealkylation sites (tertiary alicyclic amines) is 1. The summed E-state index contributed by atoms with van der Waals surface area (Å²) in [6, 6.07) is 6.94. The molecule has 1 amide bonds. The van der Waals surface area contributed by atoms with Gasteiger partial charge in [-0.1, -0.05) is 31.2 Å². The Morgan fingerprint density at radius 3 is 2.21 bits per heavy atom. The fourth-order valence-electron chi connectivity index (χ4n) is 3.66. The highest BCUT2D eigenvalue weighted by Gasteiger charge is 2.34. The zero-order valence-electron chi connectivity index (χ0n) is 14.1. The number of sulfone groups is 1. The van der Waals surface area contributed by atoms with E-state index < -0.39 is 9.84 Å². The van der Waals surface area contributed by atoms with Crippen molar-refractivity contribution in [2.75, 3.05) is 18.8 Å². The molecule has 0 N–H and O–H groups in total. The van der Waals surface area contributed by atoms with Crippen LogP contribution in [0.3, 0.4) is 0 Å². The quantitative estimate of drug-likeness (QED) is 0.770. The summed E-state index contributed by atoms with van der Waals surface area (Å²) in [5.74, 6) is 1.60. The molecule has 1 saturated heterocycles. The van der Waals surface area contributed by atoms with Crippen molar-refractivity contribution in [3.05, 3.63) is 42.0 Å². The minimum Gasteiger partial charge on any atom is -0.342 e. The molecule has 0 aromatic heterocycles. The van der Waals surface area contributed by atoms with Gasteiger partial charge in [-0.25, -0.2) is 8.42 Å². The molecule has 1 aliphatic heterocycles. The molecule has 2 atom stereocenters. The molecule has 0 saturated carbocycles. The Morgan fingerprint density at radius 2 is 1.67 bits per heavy atom. The lowest BCUT2D eigenvalue weighted by Gasteiger charge is -2.17. The van der Waals surface area contributed by atoms with Gasteiger partial charge in [-0.3, -0.25) is 4.79 Å². The third-order valence-corrected chi connectivity index (χ3v) is 7.01. The average molecular weight is 347 g/mol. The van der Waals surface area contributed by atoms with Crippen molar-refractivity contribution in [1.29, 1.82) is 0 Å². The van der Waals surface area contributed by atoms with Crippen LogP contribution >= 0.6 is 0 Å². The second kappa shape index (κ2) is 7.09. The van der Waals surface area contributed by atoms with Crippen LogP contribution in [0.1, 0.15) is 31.7 Å². The zero-order chi connectivity index (χ0) is 17.2. The van der Waals surface area contributed by atoms with E-state index in [0.29, 0.717) is 29.6 Å². The molecule has 2 aliphatic rings. The number of hydrogen-bond acceptors (Lipinski definition) is 3. The first kappa shape index (κ1) is 17.2. The molecule has 1 aromatic rings. The highest BCUT2D eigenvalue weighted by molar-refractivity contribution is 7.91. The van der Waals surface area contributed by atoms with Gasteiger partial charge in [0.2, 0.25) is 5.91 Å². The number of benzene rings is 1. The third-order valence-electron chi connectivity index (χ3n) is 5.26. The van der Waals surface area contributed by atoms with Gasteiger partial charge in [-0.05, 0) is 48.8 Å². The van der Waals surface area contributed by atoms with Crippen LogP contribution in [0.5, 0.6) is 0 Å². The summed E-state index contributed by atoms with van der Waals surface area (Å²) in [4.78, 5) is 14.8. The molecule has 1 fully saturated rings. The van der Waals surface area contributed by atoms with Gasteiger partial charge in [-0.15, -0.1) is 0 Å². The summed E-state index contributed by atoms with van der Waals surface area (Å²) in [5, 5.41) is 0. The molecule has 1 heterocycles. The number of nitrogens with zero attached hydrogens (tertiary/aromatic N) is 1. The molecule has 1 aromatic carbocycles. The Labute approximate surface area is 144 Å². The molecular weight excluding hydrogens is 322 g/mol. The zero-order valence-corrected chi connectivity index (χ0v) is 15.0. The summed E-state index contributed by atoms with van der Waals surface area (Å²) < 4.78 is 23.6. The Balaban J connectivity index is 1.53. The van der Waals surface area contributed by atoms with Crippen molar-refractivity contribution < 1.29 is 13.2 Å². The molecule has 130 valence electrons. The first-order chi connectivity index (χ1) is 11.5. The fourth-order valence-corrected chi connectivity index (χ4v) is 4.54. The van der Waals surface area contributed by atoms with Gasteiger partial charge in [-0.2, -0.15) is 0 Å². The first-order valence-electron chi connectivity index (χ1n) is 8.74. The van der Waals surface area contributed by atoms with E-state index in [1.54, 1.807) is 19.1 Å². The van der Waals surface area contributed by atoms with Crippen molar-refractivity contribution in [1.82, 2.24) is 4.90 Å². The van der Waals surface area contributed by atoms with E-state index in [-0.39, 0.29) is 11.7 Å². The monoisotopic (exact) mass is 347 g/mol. The van der Waals surface area contributed by atoms with E-state index in [0.717, 1.165) is 31.5 Å². The van der Waals surface area contributed by atoms with E-state index in [2.05, 4.69) is 12.2 Å². The number of amides is 1. The number of carbonyl (C=O) groups excluding carboxylic acids is 1. The van der Waals surface area contributed by atoms with Crippen molar-refractivity contribution in [2.45, 2.75) is 37.5 Å². The van der Waals surface area contributed by atoms with Crippen LogP contribution in [0.2, 0.25) is 0 Å². The maximum absolute atomic E-state index is 12.4.